The molecule has 1 saturated heterocycles. The summed E-state index contributed by atoms with van der Waals surface area (Å²) in [6.07, 6.45) is 5.41. The first kappa shape index (κ1) is 19.2. The van der Waals surface area contributed by atoms with Crippen molar-refractivity contribution in [2.75, 3.05) is 13.2 Å². The third-order valence-electron chi connectivity index (χ3n) is 5.95. The molecule has 2 aliphatic rings. The molecule has 0 amide bonds. The van der Waals surface area contributed by atoms with Gasteiger partial charge in [-0.15, -0.1) is 0 Å². The molecular weight excluding hydrogens is 376 g/mol. The zero-order chi connectivity index (χ0) is 20.7. The Kier molecular flexibility index (Phi) is 4.80. The molecule has 5 rings (SSSR count). The molecule has 3 aromatic rings. The third-order valence-corrected chi connectivity index (χ3v) is 5.95. The van der Waals surface area contributed by atoms with Crippen molar-refractivity contribution in [1.82, 2.24) is 9.97 Å². The predicted molar refractivity (Wildman–Crippen MR) is 114 cm³/mol. The summed E-state index contributed by atoms with van der Waals surface area (Å²) in [5.74, 6) is 0.228. The third kappa shape index (κ3) is 3.59. The van der Waals surface area contributed by atoms with Crippen LogP contribution in [0.5, 0.6) is 0 Å². The van der Waals surface area contributed by atoms with Crippen LogP contribution in [-0.2, 0) is 22.3 Å². The van der Waals surface area contributed by atoms with Crippen LogP contribution in [0.15, 0.2) is 48.8 Å². The summed E-state index contributed by atoms with van der Waals surface area (Å²) in [6, 6.07) is 12.3. The SMILES string of the molecule is CC1(C)CC(=O)c2c([nH]c(-c3ccncc3)c2Cc2cccc(C3OCCO3)c2)C1. The molecule has 1 fully saturated rings. The highest BCUT2D eigenvalue weighted by molar-refractivity contribution is 6.02. The fourth-order valence-electron chi connectivity index (χ4n) is 4.68. The van der Waals surface area contributed by atoms with Gasteiger partial charge in [-0.1, -0.05) is 38.1 Å². The minimum atomic E-state index is -0.299. The first-order valence-corrected chi connectivity index (χ1v) is 10.5. The standard InChI is InChI=1S/C25H26N2O3/c1-25(2)14-20-22(21(28)15-25)19(23(27-20)17-6-8-26-9-7-17)13-16-4-3-5-18(12-16)24-29-10-11-30-24/h3-9,12,24,27H,10-11,13-15H2,1-2H3. The number of H-pyrrole nitrogens is 1. The van der Waals surface area contributed by atoms with E-state index in [1.807, 2.05) is 24.3 Å². The van der Waals surface area contributed by atoms with E-state index in [1.54, 1.807) is 12.4 Å². The van der Waals surface area contributed by atoms with Gasteiger partial charge in [0, 0.05) is 47.6 Å². The van der Waals surface area contributed by atoms with E-state index in [9.17, 15) is 4.79 Å². The average Bonchev–Trinajstić information content (AvgIpc) is 3.37. The Bertz CT molecular complexity index is 1080. The van der Waals surface area contributed by atoms with Crippen molar-refractivity contribution < 1.29 is 14.3 Å². The molecule has 0 saturated carbocycles. The molecule has 5 heteroatoms. The van der Waals surface area contributed by atoms with E-state index in [2.05, 4.69) is 35.9 Å². The van der Waals surface area contributed by atoms with Gasteiger partial charge < -0.3 is 14.5 Å². The number of ketones is 1. The van der Waals surface area contributed by atoms with E-state index in [1.165, 1.54) is 0 Å². The smallest absolute Gasteiger partial charge is 0.184 e. The number of nitrogens with one attached hydrogen (secondary N) is 1. The van der Waals surface area contributed by atoms with Crippen LogP contribution in [0.2, 0.25) is 0 Å². The second-order valence-corrected chi connectivity index (χ2v) is 9.00. The number of benzene rings is 1. The van der Waals surface area contributed by atoms with Gasteiger partial charge in [0.1, 0.15) is 0 Å². The predicted octanol–water partition coefficient (Wildman–Crippen LogP) is 4.87. The highest BCUT2D eigenvalue weighted by Gasteiger charge is 2.35. The molecule has 154 valence electrons. The molecule has 1 aromatic carbocycles. The molecule has 1 N–H and O–H groups in total. The van der Waals surface area contributed by atoms with Gasteiger partial charge in [0.15, 0.2) is 12.1 Å². The number of aromatic amines is 1. The van der Waals surface area contributed by atoms with Crippen molar-refractivity contribution in [2.24, 2.45) is 5.41 Å². The summed E-state index contributed by atoms with van der Waals surface area (Å²) >= 11 is 0. The van der Waals surface area contributed by atoms with E-state index in [0.717, 1.165) is 45.6 Å². The molecule has 0 radical (unpaired) electrons. The van der Waals surface area contributed by atoms with Crippen LogP contribution in [0.1, 0.15) is 59.3 Å². The first-order chi connectivity index (χ1) is 14.5. The fraction of sp³-hybridized carbons (Fsp3) is 0.360. The average molecular weight is 402 g/mol. The molecule has 30 heavy (non-hydrogen) atoms. The topological polar surface area (TPSA) is 64.2 Å². The van der Waals surface area contributed by atoms with Crippen LogP contribution < -0.4 is 0 Å². The Morgan fingerprint density at radius 3 is 2.63 bits per heavy atom. The monoisotopic (exact) mass is 402 g/mol. The van der Waals surface area contributed by atoms with E-state index in [-0.39, 0.29) is 17.5 Å². The number of pyridine rings is 1. The number of carbonyl (C=O) groups excluding carboxylic acids is 1. The van der Waals surface area contributed by atoms with Crippen LogP contribution >= 0.6 is 0 Å². The quantitative estimate of drug-likeness (QED) is 0.676. The van der Waals surface area contributed by atoms with Crippen LogP contribution in [0.25, 0.3) is 11.3 Å². The van der Waals surface area contributed by atoms with Crippen LogP contribution in [-0.4, -0.2) is 29.0 Å². The highest BCUT2D eigenvalue weighted by Crippen LogP contribution is 2.40. The number of aromatic nitrogens is 2. The second kappa shape index (κ2) is 7.49. The van der Waals surface area contributed by atoms with Gasteiger partial charge in [0.05, 0.1) is 18.9 Å². The lowest BCUT2D eigenvalue weighted by Crippen LogP contribution is -2.27. The van der Waals surface area contributed by atoms with Crippen LogP contribution in [0.4, 0.5) is 0 Å². The van der Waals surface area contributed by atoms with Gasteiger partial charge in [-0.2, -0.15) is 0 Å². The maximum atomic E-state index is 13.2. The summed E-state index contributed by atoms with van der Waals surface area (Å²) in [4.78, 5) is 20.9. The summed E-state index contributed by atoms with van der Waals surface area (Å²) in [6.45, 7) is 5.56. The number of ether oxygens (including phenoxy) is 2. The highest BCUT2D eigenvalue weighted by atomic mass is 16.7. The van der Waals surface area contributed by atoms with Crippen molar-refractivity contribution in [3.63, 3.8) is 0 Å². The van der Waals surface area contributed by atoms with Gasteiger partial charge in [-0.05, 0) is 35.1 Å². The van der Waals surface area contributed by atoms with E-state index in [4.69, 9.17) is 9.47 Å². The van der Waals surface area contributed by atoms with Crippen molar-refractivity contribution in [3.8, 4) is 11.3 Å². The van der Waals surface area contributed by atoms with Crippen LogP contribution in [0.3, 0.4) is 0 Å². The zero-order valence-corrected chi connectivity index (χ0v) is 17.4. The Hall–Kier alpha value is -2.76. The lowest BCUT2D eigenvalue weighted by molar-refractivity contribution is -0.0441. The zero-order valence-electron chi connectivity index (χ0n) is 17.4. The number of hydrogen-bond acceptors (Lipinski definition) is 4. The summed E-state index contributed by atoms with van der Waals surface area (Å²) in [5, 5.41) is 0. The van der Waals surface area contributed by atoms with Gasteiger partial charge in [0.25, 0.3) is 0 Å². The molecule has 3 heterocycles. The molecule has 0 bridgehead atoms. The summed E-state index contributed by atoms with van der Waals surface area (Å²) in [5.41, 5.74) is 7.21. The molecule has 2 aromatic heterocycles. The number of fused-ring (bicyclic) bond motifs is 1. The molecule has 1 aliphatic heterocycles. The summed E-state index contributed by atoms with van der Waals surface area (Å²) < 4.78 is 11.3. The number of rotatable bonds is 4. The normalized spacial score (nSPS) is 18.5. The number of hydrogen-bond donors (Lipinski definition) is 1. The van der Waals surface area contributed by atoms with Gasteiger partial charge >= 0.3 is 0 Å². The molecule has 0 unspecified atom stereocenters. The Morgan fingerprint density at radius 1 is 1.10 bits per heavy atom. The van der Waals surface area contributed by atoms with Gasteiger partial charge in [0.2, 0.25) is 0 Å². The lowest BCUT2D eigenvalue weighted by Gasteiger charge is -2.28. The van der Waals surface area contributed by atoms with Crippen molar-refractivity contribution in [1.29, 1.82) is 0 Å². The molecule has 1 aliphatic carbocycles. The fourth-order valence-corrected chi connectivity index (χ4v) is 4.68. The molecule has 5 nitrogen and oxygen atoms in total. The minimum absolute atomic E-state index is 0.0290. The first-order valence-electron chi connectivity index (χ1n) is 10.5. The summed E-state index contributed by atoms with van der Waals surface area (Å²) in [7, 11) is 0. The molecular formula is C25H26N2O3. The van der Waals surface area contributed by atoms with E-state index >= 15 is 0 Å². The largest absolute Gasteiger partial charge is 0.358 e. The Labute approximate surface area is 176 Å². The minimum Gasteiger partial charge on any atom is -0.358 e. The maximum absolute atomic E-state index is 13.2. The van der Waals surface area contributed by atoms with Crippen molar-refractivity contribution in [3.05, 3.63) is 76.7 Å². The lowest BCUT2D eigenvalue weighted by atomic mass is 9.75. The van der Waals surface area contributed by atoms with Gasteiger partial charge in [-0.3, -0.25) is 9.78 Å². The van der Waals surface area contributed by atoms with E-state index in [0.29, 0.717) is 26.1 Å². The molecule has 0 spiro atoms. The van der Waals surface area contributed by atoms with Crippen molar-refractivity contribution >= 4 is 5.78 Å². The van der Waals surface area contributed by atoms with E-state index < -0.39 is 0 Å². The number of nitrogens with zero attached hydrogens (tertiary/aromatic N) is 1. The number of carbonyl (C=O) groups is 1. The van der Waals surface area contributed by atoms with Crippen molar-refractivity contribution in [2.45, 2.75) is 39.4 Å². The Morgan fingerprint density at radius 2 is 1.87 bits per heavy atom. The van der Waals surface area contributed by atoms with Gasteiger partial charge in [-0.25, -0.2) is 0 Å². The molecule has 0 atom stereocenters. The van der Waals surface area contributed by atoms with Crippen LogP contribution in [0, 0.1) is 5.41 Å². The second-order valence-electron chi connectivity index (χ2n) is 9.00. The maximum Gasteiger partial charge on any atom is 0.184 e. The number of Topliss-reactive ketones (excluding diaryl/α,β-unsaturated/α-hetero) is 1. The Balaban J connectivity index is 1.58.